The van der Waals surface area contributed by atoms with Crippen molar-refractivity contribution in [2.24, 2.45) is 0 Å². The van der Waals surface area contributed by atoms with Gasteiger partial charge in [0.1, 0.15) is 17.8 Å². The van der Waals surface area contributed by atoms with Gasteiger partial charge < -0.3 is 14.6 Å². The molecule has 0 radical (unpaired) electrons. The molecule has 4 heterocycles. The fraction of sp³-hybridized carbons (Fsp3) is 0.346. The van der Waals surface area contributed by atoms with Crippen molar-refractivity contribution < 1.29 is 18.8 Å². The number of rotatable bonds is 6. The molecule has 1 aliphatic carbocycles. The van der Waals surface area contributed by atoms with E-state index in [-0.39, 0.29) is 18.0 Å². The zero-order valence-corrected chi connectivity index (χ0v) is 20.6. The molecule has 1 atom stereocenters. The summed E-state index contributed by atoms with van der Waals surface area (Å²) in [6.45, 7) is 2.94. The van der Waals surface area contributed by atoms with E-state index in [0.717, 1.165) is 40.8 Å². The Kier molecular flexibility index (Phi) is 5.84. The first-order valence-corrected chi connectivity index (χ1v) is 12.3. The van der Waals surface area contributed by atoms with E-state index in [4.69, 9.17) is 9.26 Å². The first-order valence-electron chi connectivity index (χ1n) is 12.3. The Morgan fingerprint density at radius 1 is 1.19 bits per heavy atom. The largest absolute Gasteiger partial charge is 0.439 e. The Hall–Kier alpha value is -4.25. The molecule has 6 rings (SSSR count). The average Bonchev–Trinajstić information content (AvgIpc) is 3.49. The van der Waals surface area contributed by atoms with E-state index < -0.39 is 0 Å². The lowest BCUT2D eigenvalue weighted by Gasteiger charge is -2.33. The quantitative estimate of drug-likeness (QED) is 0.410. The third-order valence-corrected chi connectivity index (χ3v) is 6.93. The van der Waals surface area contributed by atoms with Gasteiger partial charge in [0.05, 0.1) is 17.8 Å². The summed E-state index contributed by atoms with van der Waals surface area (Å²) in [4.78, 5) is 35.6. The second-order valence-corrected chi connectivity index (χ2v) is 9.56. The third-order valence-electron chi connectivity index (χ3n) is 6.93. The van der Waals surface area contributed by atoms with Crippen LogP contribution in [-0.2, 0) is 17.8 Å². The van der Waals surface area contributed by atoms with Gasteiger partial charge in [-0.25, -0.2) is 14.8 Å². The van der Waals surface area contributed by atoms with Gasteiger partial charge in [0.25, 0.3) is 0 Å². The molecule has 0 saturated heterocycles. The molecule has 2 aliphatic rings. The molecule has 1 aromatic carbocycles. The smallest absolute Gasteiger partial charge is 0.331 e. The normalized spacial score (nSPS) is 17.4. The van der Waals surface area contributed by atoms with E-state index >= 15 is 0 Å². The van der Waals surface area contributed by atoms with Gasteiger partial charge in [0, 0.05) is 48.8 Å². The minimum Gasteiger partial charge on any atom is -0.439 e. The first-order chi connectivity index (χ1) is 18.0. The summed E-state index contributed by atoms with van der Waals surface area (Å²) in [6, 6.07) is 8.98. The van der Waals surface area contributed by atoms with Crippen molar-refractivity contribution in [3.63, 3.8) is 0 Å². The Labute approximate surface area is 212 Å². The van der Waals surface area contributed by atoms with Crippen molar-refractivity contribution in [3.8, 4) is 11.6 Å². The van der Waals surface area contributed by atoms with Crippen molar-refractivity contribution in [2.75, 3.05) is 18.9 Å². The van der Waals surface area contributed by atoms with Gasteiger partial charge in [-0.05, 0) is 50.5 Å². The molecule has 1 saturated carbocycles. The molecular weight excluding hydrogens is 474 g/mol. The molecule has 4 aromatic rings. The average molecular weight is 502 g/mol. The van der Waals surface area contributed by atoms with Crippen molar-refractivity contribution in [3.05, 3.63) is 59.9 Å². The maximum absolute atomic E-state index is 12.9. The predicted molar refractivity (Wildman–Crippen MR) is 135 cm³/mol. The number of ether oxygens (including phenoxy) is 1. The Morgan fingerprint density at radius 3 is 2.86 bits per heavy atom. The van der Waals surface area contributed by atoms with Crippen LogP contribution in [0.4, 0.5) is 10.6 Å². The fourth-order valence-corrected chi connectivity index (χ4v) is 4.66. The van der Waals surface area contributed by atoms with Gasteiger partial charge in [-0.3, -0.25) is 19.6 Å². The highest BCUT2D eigenvalue weighted by atomic mass is 16.5. The number of hydrogen-bond acceptors (Lipinski definition) is 8. The number of nitrogens with zero attached hydrogens (tertiary/aromatic N) is 5. The van der Waals surface area contributed by atoms with E-state index in [2.05, 4.69) is 37.6 Å². The van der Waals surface area contributed by atoms with E-state index in [0.29, 0.717) is 42.9 Å². The van der Waals surface area contributed by atoms with Crippen LogP contribution in [0.2, 0.25) is 0 Å². The second-order valence-electron chi connectivity index (χ2n) is 9.56. The number of nitrogens with one attached hydrogen (secondary N) is 2. The SMILES string of the molecule is CNC(=O)CN1Cc2ncnc(Oc3ccc4c(ccn4C(=O)Nc4cc(C5CC5)on4)c3)c2C[C@@H]1C. The molecule has 37 heavy (non-hydrogen) atoms. The van der Waals surface area contributed by atoms with Crippen LogP contribution in [0.5, 0.6) is 11.6 Å². The number of hydrogen-bond donors (Lipinski definition) is 2. The number of likely N-dealkylation sites (N-methyl/N-ethyl adjacent to an activating group) is 1. The van der Waals surface area contributed by atoms with Crippen molar-refractivity contribution in [1.82, 2.24) is 29.9 Å². The van der Waals surface area contributed by atoms with Gasteiger partial charge in [-0.1, -0.05) is 5.16 Å². The summed E-state index contributed by atoms with van der Waals surface area (Å²) in [5, 5.41) is 10.3. The second kappa shape index (κ2) is 9.32. The summed E-state index contributed by atoms with van der Waals surface area (Å²) in [5.41, 5.74) is 2.53. The van der Waals surface area contributed by atoms with Crippen molar-refractivity contribution >= 4 is 28.7 Å². The van der Waals surface area contributed by atoms with Gasteiger partial charge in [0.2, 0.25) is 11.8 Å². The number of carbonyl (C=O) groups excluding carboxylic acids is 2. The molecule has 0 bridgehead atoms. The van der Waals surface area contributed by atoms with E-state index in [1.165, 1.54) is 10.9 Å². The lowest BCUT2D eigenvalue weighted by molar-refractivity contribution is -0.122. The van der Waals surface area contributed by atoms with E-state index in [1.807, 2.05) is 24.3 Å². The highest BCUT2D eigenvalue weighted by molar-refractivity contribution is 5.98. The molecule has 2 amide bonds. The molecule has 11 heteroatoms. The predicted octanol–water partition coefficient (Wildman–Crippen LogP) is 3.66. The Bertz CT molecular complexity index is 1490. The lowest BCUT2D eigenvalue weighted by Crippen LogP contribution is -2.44. The third kappa shape index (κ3) is 4.65. The first kappa shape index (κ1) is 23.2. The molecular formula is C26H27N7O4. The van der Waals surface area contributed by atoms with Crippen molar-refractivity contribution in [1.29, 1.82) is 0 Å². The molecule has 0 spiro atoms. The summed E-state index contributed by atoms with van der Waals surface area (Å²) < 4.78 is 13.0. The zero-order chi connectivity index (χ0) is 25.5. The maximum atomic E-state index is 12.9. The summed E-state index contributed by atoms with van der Waals surface area (Å²) in [6.07, 6.45) is 6.07. The van der Waals surface area contributed by atoms with Gasteiger partial charge in [-0.15, -0.1) is 0 Å². The minimum absolute atomic E-state index is 0.0289. The number of benzene rings is 1. The number of carbonyl (C=O) groups is 2. The van der Waals surface area contributed by atoms with Crippen LogP contribution in [0.3, 0.4) is 0 Å². The molecule has 1 aliphatic heterocycles. The molecule has 190 valence electrons. The standard InChI is InChI=1S/C26H27N7O4/c1-15-9-19-20(12-32(15)13-24(34)27-2)28-14-29-25(19)36-18-5-6-21-17(10-18)7-8-33(21)26(35)30-23-11-22(37-31-23)16-3-4-16/h5-8,10-11,14-16H,3-4,9,12-13H2,1-2H3,(H,27,34)(H,30,31,35)/t15-/m0/s1. The maximum Gasteiger partial charge on any atom is 0.331 e. The van der Waals surface area contributed by atoms with Crippen LogP contribution >= 0.6 is 0 Å². The van der Waals surface area contributed by atoms with E-state index in [9.17, 15) is 9.59 Å². The monoisotopic (exact) mass is 501 g/mol. The Morgan fingerprint density at radius 2 is 2.05 bits per heavy atom. The summed E-state index contributed by atoms with van der Waals surface area (Å²) in [7, 11) is 1.64. The van der Waals surface area contributed by atoms with Gasteiger partial charge >= 0.3 is 6.03 Å². The van der Waals surface area contributed by atoms with E-state index in [1.54, 1.807) is 19.3 Å². The van der Waals surface area contributed by atoms with Gasteiger partial charge in [0.15, 0.2) is 5.82 Å². The topological polar surface area (TPSA) is 127 Å². The number of amides is 2. The highest BCUT2D eigenvalue weighted by Gasteiger charge is 2.29. The van der Waals surface area contributed by atoms with Crippen LogP contribution in [-0.4, -0.2) is 56.2 Å². The lowest BCUT2D eigenvalue weighted by atomic mass is 9.99. The number of aromatic nitrogens is 4. The molecule has 0 unspecified atom stereocenters. The van der Waals surface area contributed by atoms with Crippen LogP contribution in [0.1, 0.15) is 42.7 Å². The number of fused-ring (bicyclic) bond motifs is 2. The van der Waals surface area contributed by atoms with Crippen LogP contribution in [0.25, 0.3) is 10.9 Å². The zero-order valence-electron chi connectivity index (χ0n) is 20.6. The highest BCUT2D eigenvalue weighted by Crippen LogP contribution is 2.40. The fourth-order valence-electron chi connectivity index (χ4n) is 4.66. The van der Waals surface area contributed by atoms with Crippen LogP contribution < -0.4 is 15.4 Å². The summed E-state index contributed by atoms with van der Waals surface area (Å²) in [5.74, 6) is 2.73. The van der Waals surface area contributed by atoms with Crippen molar-refractivity contribution in [2.45, 2.75) is 44.7 Å². The number of anilines is 1. The molecule has 11 nitrogen and oxygen atoms in total. The minimum atomic E-state index is -0.320. The van der Waals surface area contributed by atoms with Gasteiger partial charge in [-0.2, -0.15) is 0 Å². The Balaban J connectivity index is 1.18. The summed E-state index contributed by atoms with van der Waals surface area (Å²) >= 11 is 0. The molecule has 2 N–H and O–H groups in total. The molecule has 1 fully saturated rings. The van der Waals surface area contributed by atoms with Crippen LogP contribution in [0, 0.1) is 0 Å². The van der Waals surface area contributed by atoms with Crippen LogP contribution in [0.15, 0.2) is 47.4 Å². The molecule has 3 aromatic heterocycles.